The van der Waals surface area contributed by atoms with E-state index >= 15 is 0 Å². The summed E-state index contributed by atoms with van der Waals surface area (Å²) in [6.07, 6.45) is 2.17. The van der Waals surface area contributed by atoms with Crippen molar-refractivity contribution < 1.29 is 24.5 Å². The molecular weight excluding hydrogens is 264 g/mol. The minimum Gasteiger partial charge on any atom is -0.480 e. The third-order valence-electron chi connectivity index (χ3n) is 3.96. The van der Waals surface area contributed by atoms with Crippen LogP contribution in [0.1, 0.15) is 25.7 Å². The maximum Gasteiger partial charge on any atom is 0.408 e. The molecule has 114 valence electrons. The predicted molar refractivity (Wildman–Crippen MR) is 70.8 cm³/mol. The van der Waals surface area contributed by atoms with Crippen LogP contribution >= 0.6 is 0 Å². The van der Waals surface area contributed by atoms with E-state index in [4.69, 9.17) is 14.9 Å². The summed E-state index contributed by atoms with van der Waals surface area (Å²) >= 11 is 0. The van der Waals surface area contributed by atoms with Crippen molar-refractivity contribution in [2.75, 3.05) is 32.8 Å². The van der Waals surface area contributed by atoms with Crippen molar-refractivity contribution in [1.82, 2.24) is 9.80 Å². The molecule has 1 unspecified atom stereocenters. The molecule has 0 aliphatic carbocycles. The number of hydrogen-bond acceptors (Lipinski definition) is 4. The molecule has 2 N–H and O–H groups in total. The van der Waals surface area contributed by atoms with Crippen LogP contribution in [0.5, 0.6) is 0 Å². The van der Waals surface area contributed by atoms with Gasteiger partial charge in [0.15, 0.2) is 0 Å². The zero-order valence-electron chi connectivity index (χ0n) is 11.5. The summed E-state index contributed by atoms with van der Waals surface area (Å²) in [6, 6.07) is -0.976. The summed E-state index contributed by atoms with van der Waals surface area (Å²) in [5.74, 6) is -1.10. The Morgan fingerprint density at radius 1 is 1.20 bits per heavy atom. The molecule has 2 atom stereocenters. The van der Waals surface area contributed by atoms with Gasteiger partial charge in [0.05, 0.1) is 12.6 Å². The van der Waals surface area contributed by atoms with Gasteiger partial charge in [-0.3, -0.25) is 4.90 Å². The first-order valence-electron chi connectivity index (χ1n) is 7.14. The molecule has 7 nitrogen and oxygen atoms in total. The van der Waals surface area contributed by atoms with E-state index in [1.807, 2.05) is 0 Å². The zero-order chi connectivity index (χ0) is 14.5. The standard InChI is InChI=1S/C13H22N2O5/c16-12(17)11-8-10(9-15(11)13(18)19)20-7-3-6-14-4-1-2-5-14/h10-11H,1-9H2,(H,16,17)(H,18,19)/t10?,11-/m0/s1. The lowest BCUT2D eigenvalue weighted by molar-refractivity contribution is -0.141. The average molecular weight is 286 g/mol. The van der Waals surface area contributed by atoms with Crippen LogP contribution in [0.4, 0.5) is 4.79 Å². The molecule has 1 amide bonds. The number of rotatable bonds is 6. The minimum absolute atomic E-state index is 0.149. The molecule has 0 spiro atoms. The molecule has 7 heteroatoms. The van der Waals surface area contributed by atoms with Crippen molar-refractivity contribution in [2.45, 2.75) is 37.8 Å². The Labute approximate surface area is 118 Å². The second-order valence-electron chi connectivity index (χ2n) is 5.42. The van der Waals surface area contributed by atoms with Crippen molar-refractivity contribution in [3.05, 3.63) is 0 Å². The Balaban J connectivity index is 1.68. The van der Waals surface area contributed by atoms with Crippen LogP contribution < -0.4 is 0 Å². The zero-order valence-corrected chi connectivity index (χ0v) is 11.5. The highest BCUT2D eigenvalue weighted by Crippen LogP contribution is 2.21. The van der Waals surface area contributed by atoms with Gasteiger partial charge in [0.2, 0.25) is 0 Å². The van der Waals surface area contributed by atoms with Gasteiger partial charge in [-0.25, -0.2) is 9.59 Å². The fraction of sp³-hybridized carbons (Fsp3) is 0.846. The van der Waals surface area contributed by atoms with Crippen LogP contribution in [-0.2, 0) is 9.53 Å². The monoisotopic (exact) mass is 286 g/mol. The SMILES string of the molecule is O=C(O)[C@@H]1CC(OCCCN2CCCC2)CN1C(=O)O. The summed E-state index contributed by atoms with van der Waals surface area (Å²) in [7, 11) is 0. The number of aliphatic carboxylic acids is 1. The van der Waals surface area contributed by atoms with Crippen molar-refractivity contribution in [1.29, 1.82) is 0 Å². The maximum atomic E-state index is 11.0. The lowest BCUT2D eigenvalue weighted by atomic mass is 10.2. The highest BCUT2D eigenvalue weighted by atomic mass is 16.5. The molecule has 2 fully saturated rings. The van der Waals surface area contributed by atoms with Crippen molar-refractivity contribution in [3.8, 4) is 0 Å². The normalized spacial score (nSPS) is 27.1. The first kappa shape index (κ1) is 15.1. The number of carboxylic acids is 1. The molecule has 0 aromatic carbocycles. The average Bonchev–Trinajstić information content (AvgIpc) is 3.04. The predicted octanol–water partition coefficient (Wildman–Crippen LogP) is 0.694. The summed E-state index contributed by atoms with van der Waals surface area (Å²) in [5.41, 5.74) is 0. The van der Waals surface area contributed by atoms with Crippen LogP contribution in [0.25, 0.3) is 0 Å². The molecule has 0 radical (unpaired) electrons. The number of carboxylic acid groups (broad SMARTS) is 2. The van der Waals surface area contributed by atoms with E-state index in [0.29, 0.717) is 6.61 Å². The summed E-state index contributed by atoms with van der Waals surface area (Å²) in [4.78, 5) is 25.3. The lowest BCUT2D eigenvalue weighted by Crippen LogP contribution is -2.39. The fourth-order valence-electron chi connectivity index (χ4n) is 2.91. The Kier molecular flexibility index (Phi) is 5.19. The van der Waals surface area contributed by atoms with Crippen LogP contribution in [0.15, 0.2) is 0 Å². The minimum atomic E-state index is -1.19. The molecule has 0 bridgehead atoms. The van der Waals surface area contributed by atoms with Gasteiger partial charge in [-0.15, -0.1) is 0 Å². The van der Waals surface area contributed by atoms with Crippen molar-refractivity contribution in [3.63, 3.8) is 0 Å². The largest absolute Gasteiger partial charge is 0.480 e. The lowest BCUT2D eigenvalue weighted by Gasteiger charge is -2.17. The molecule has 2 aliphatic rings. The van der Waals surface area contributed by atoms with Gasteiger partial charge in [0.1, 0.15) is 6.04 Å². The number of likely N-dealkylation sites (tertiary alicyclic amines) is 2. The van der Waals surface area contributed by atoms with Crippen LogP contribution in [0, 0.1) is 0 Å². The van der Waals surface area contributed by atoms with E-state index in [9.17, 15) is 9.59 Å². The van der Waals surface area contributed by atoms with Gasteiger partial charge < -0.3 is 19.8 Å². The highest BCUT2D eigenvalue weighted by Gasteiger charge is 2.40. The Morgan fingerprint density at radius 3 is 2.45 bits per heavy atom. The van der Waals surface area contributed by atoms with E-state index in [0.717, 1.165) is 31.0 Å². The molecule has 2 heterocycles. The van der Waals surface area contributed by atoms with Gasteiger partial charge >= 0.3 is 12.1 Å². The van der Waals surface area contributed by atoms with E-state index < -0.39 is 18.1 Å². The van der Waals surface area contributed by atoms with Gasteiger partial charge in [0, 0.05) is 19.6 Å². The van der Waals surface area contributed by atoms with E-state index in [1.54, 1.807) is 0 Å². The highest BCUT2D eigenvalue weighted by molar-refractivity contribution is 5.80. The molecule has 2 aliphatic heterocycles. The molecular formula is C13H22N2O5. The second kappa shape index (κ2) is 6.90. The summed E-state index contributed by atoms with van der Waals surface area (Å²) in [5, 5.41) is 18.0. The molecule has 0 aromatic heterocycles. The molecule has 2 rings (SSSR count). The summed E-state index contributed by atoms with van der Waals surface area (Å²) in [6.45, 7) is 4.00. The van der Waals surface area contributed by atoms with Crippen LogP contribution in [0.2, 0.25) is 0 Å². The van der Waals surface area contributed by atoms with Crippen molar-refractivity contribution in [2.24, 2.45) is 0 Å². The fourth-order valence-corrected chi connectivity index (χ4v) is 2.91. The molecule has 2 saturated heterocycles. The van der Waals surface area contributed by atoms with Gasteiger partial charge in [-0.2, -0.15) is 0 Å². The smallest absolute Gasteiger partial charge is 0.408 e. The number of carbonyl (C=O) groups is 2. The maximum absolute atomic E-state index is 11.0. The number of hydrogen-bond donors (Lipinski definition) is 2. The Hall–Kier alpha value is -1.34. The third-order valence-corrected chi connectivity index (χ3v) is 3.96. The van der Waals surface area contributed by atoms with Crippen LogP contribution in [-0.4, -0.2) is 77.0 Å². The quantitative estimate of drug-likeness (QED) is 0.698. The van der Waals surface area contributed by atoms with Gasteiger partial charge in [-0.05, 0) is 32.4 Å². The first-order valence-corrected chi connectivity index (χ1v) is 7.14. The van der Waals surface area contributed by atoms with E-state index in [-0.39, 0.29) is 19.1 Å². The molecule has 0 saturated carbocycles. The number of nitrogens with zero attached hydrogens (tertiary/aromatic N) is 2. The Morgan fingerprint density at radius 2 is 1.90 bits per heavy atom. The second-order valence-corrected chi connectivity index (χ2v) is 5.42. The third kappa shape index (κ3) is 3.83. The Bertz CT molecular complexity index is 335. The van der Waals surface area contributed by atoms with Gasteiger partial charge in [0.25, 0.3) is 0 Å². The van der Waals surface area contributed by atoms with E-state index in [1.165, 1.54) is 12.8 Å². The summed E-state index contributed by atoms with van der Waals surface area (Å²) < 4.78 is 5.63. The molecule has 20 heavy (non-hydrogen) atoms. The number of amides is 1. The van der Waals surface area contributed by atoms with Crippen LogP contribution in [0.3, 0.4) is 0 Å². The first-order chi connectivity index (χ1) is 9.58. The molecule has 0 aromatic rings. The topological polar surface area (TPSA) is 90.3 Å². The van der Waals surface area contributed by atoms with Gasteiger partial charge in [-0.1, -0.05) is 0 Å². The number of ether oxygens (including phenoxy) is 1. The van der Waals surface area contributed by atoms with Crippen molar-refractivity contribution >= 4 is 12.1 Å². The van der Waals surface area contributed by atoms with E-state index in [2.05, 4.69) is 4.90 Å².